The van der Waals surface area contributed by atoms with Gasteiger partial charge in [0.15, 0.2) is 0 Å². The van der Waals surface area contributed by atoms with E-state index in [1.165, 1.54) is 25.8 Å². The third-order valence-electron chi connectivity index (χ3n) is 2.81. The van der Waals surface area contributed by atoms with Gasteiger partial charge < -0.3 is 10.1 Å². The summed E-state index contributed by atoms with van der Waals surface area (Å²) in [6.07, 6.45) is 5.37. The molecule has 72 valence electrons. The standard InChI is InChI=1S/C10H21NO/c1-10(5-3-6-10)9-11-7-4-8-12-2/h11H,3-9H2,1-2H3. The van der Waals surface area contributed by atoms with Gasteiger partial charge in [0.2, 0.25) is 0 Å². The van der Waals surface area contributed by atoms with Crippen molar-refractivity contribution in [2.24, 2.45) is 5.41 Å². The monoisotopic (exact) mass is 171 g/mol. The lowest BCUT2D eigenvalue weighted by molar-refractivity contribution is 0.152. The Hall–Kier alpha value is -0.0800. The molecule has 0 amide bonds. The first kappa shape index (κ1) is 10.0. The van der Waals surface area contributed by atoms with Gasteiger partial charge >= 0.3 is 0 Å². The zero-order valence-electron chi connectivity index (χ0n) is 8.36. The summed E-state index contributed by atoms with van der Waals surface area (Å²) in [5.74, 6) is 0. The third kappa shape index (κ3) is 3.11. The molecule has 1 fully saturated rings. The van der Waals surface area contributed by atoms with Gasteiger partial charge in [0, 0.05) is 20.3 Å². The number of nitrogens with one attached hydrogen (secondary N) is 1. The topological polar surface area (TPSA) is 21.3 Å². The largest absolute Gasteiger partial charge is 0.385 e. The van der Waals surface area contributed by atoms with E-state index in [1.54, 1.807) is 7.11 Å². The first-order valence-corrected chi connectivity index (χ1v) is 4.96. The highest BCUT2D eigenvalue weighted by Gasteiger charge is 2.30. The van der Waals surface area contributed by atoms with Gasteiger partial charge in [-0.25, -0.2) is 0 Å². The van der Waals surface area contributed by atoms with Crippen molar-refractivity contribution in [3.8, 4) is 0 Å². The Kier molecular flexibility index (Phi) is 4.02. The molecule has 0 unspecified atom stereocenters. The maximum absolute atomic E-state index is 4.97. The highest BCUT2D eigenvalue weighted by Crippen LogP contribution is 2.39. The fourth-order valence-electron chi connectivity index (χ4n) is 1.69. The Morgan fingerprint density at radius 2 is 2.17 bits per heavy atom. The van der Waals surface area contributed by atoms with Gasteiger partial charge in [-0.3, -0.25) is 0 Å². The molecule has 2 nitrogen and oxygen atoms in total. The molecule has 0 aromatic rings. The Morgan fingerprint density at radius 1 is 1.42 bits per heavy atom. The first-order chi connectivity index (χ1) is 5.77. The molecule has 0 spiro atoms. The normalized spacial score (nSPS) is 20.5. The van der Waals surface area contributed by atoms with E-state index in [4.69, 9.17) is 4.74 Å². The van der Waals surface area contributed by atoms with Crippen molar-refractivity contribution in [3.63, 3.8) is 0 Å². The van der Waals surface area contributed by atoms with Crippen LogP contribution in [0.1, 0.15) is 32.6 Å². The minimum atomic E-state index is 0.618. The molecule has 1 saturated carbocycles. The number of methoxy groups -OCH3 is 1. The van der Waals surface area contributed by atoms with Crippen molar-refractivity contribution in [2.45, 2.75) is 32.6 Å². The van der Waals surface area contributed by atoms with Gasteiger partial charge in [-0.15, -0.1) is 0 Å². The lowest BCUT2D eigenvalue weighted by Crippen LogP contribution is -2.37. The van der Waals surface area contributed by atoms with Gasteiger partial charge in [0.1, 0.15) is 0 Å². The van der Waals surface area contributed by atoms with Crippen LogP contribution in [-0.4, -0.2) is 26.8 Å². The second-order valence-electron chi connectivity index (χ2n) is 4.19. The van der Waals surface area contributed by atoms with Crippen molar-refractivity contribution in [3.05, 3.63) is 0 Å². The van der Waals surface area contributed by atoms with Gasteiger partial charge in [-0.2, -0.15) is 0 Å². The molecule has 1 aliphatic carbocycles. The molecule has 0 aromatic heterocycles. The highest BCUT2D eigenvalue weighted by atomic mass is 16.5. The van der Waals surface area contributed by atoms with Crippen LogP contribution < -0.4 is 5.32 Å². The molecular formula is C10H21NO. The van der Waals surface area contributed by atoms with Crippen molar-refractivity contribution in [1.82, 2.24) is 5.32 Å². The molecule has 12 heavy (non-hydrogen) atoms. The van der Waals surface area contributed by atoms with Crippen LogP contribution in [0.4, 0.5) is 0 Å². The number of rotatable bonds is 6. The molecule has 1 rings (SSSR count). The summed E-state index contributed by atoms with van der Waals surface area (Å²) in [4.78, 5) is 0. The molecular weight excluding hydrogens is 150 g/mol. The summed E-state index contributed by atoms with van der Waals surface area (Å²) in [5, 5.41) is 3.48. The summed E-state index contributed by atoms with van der Waals surface area (Å²) in [6.45, 7) is 5.55. The average molecular weight is 171 g/mol. The second-order valence-corrected chi connectivity index (χ2v) is 4.19. The second kappa shape index (κ2) is 4.83. The summed E-state index contributed by atoms with van der Waals surface area (Å²) in [7, 11) is 1.76. The third-order valence-corrected chi connectivity index (χ3v) is 2.81. The molecule has 0 radical (unpaired) electrons. The maximum atomic E-state index is 4.97. The zero-order valence-corrected chi connectivity index (χ0v) is 8.36. The Bertz CT molecular complexity index is 121. The van der Waals surface area contributed by atoms with Crippen molar-refractivity contribution in [1.29, 1.82) is 0 Å². The van der Waals surface area contributed by atoms with Gasteiger partial charge in [0.25, 0.3) is 0 Å². The maximum Gasteiger partial charge on any atom is 0.0474 e. The molecule has 0 aliphatic heterocycles. The minimum Gasteiger partial charge on any atom is -0.385 e. The number of hydrogen-bond acceptors (Lipinski definition) is 2. The predicted octanol–water partition coefficient (Wildman–Crippen LogP) is 1.80. The highest BCUT2D eigenvalue weighted by molar-refractivity contribution is 4.84. The Morgan fingerprint density at radius 3 is 2.67 bits per heavy atom. The average Bonchev–Trinajstić information content (AvgIpc) is 2.01. The smallest absolute Gasteiger partial charge is 0.0474 e. The molecule has 0 heterocycles. The zero-order chi connectivity index (χ0) is 8.86. The van der Waals surface area contributed by atoms with E-state index in [-0.39, 0.29) is 0 Å². The van der Waals surface area contributed by atoms with E-state index in [9.17, 15) is 0 Å². The SMILES string of the molecule is COCCCNCC1(C)CCC1. The van der Waals surface area contributed by atoms with E-state index in [2.05, 4.69) is 12.2 Å². The number of hydrogen-bond donors (Lipinski definition) is 1. The first-order valence-electron chi connectivity index (χ1n) is 4.96. The minimum absolute atomic E-state index is 0.618. The van der Waals surface area contributed by atoms with Gasteiger partial charge in [0.05, 0.1) is 0 Å². The fourth-order valence-corrected chi connectivity index (χ4v) is 1.69. The predicted molar refractivity (Wildman–Crippen MR) is 51.3 cm³/mol. The van der Waals surface area contributed by atoms with Crippen LogP contribution in [0.3, 0.4) is 0 Å². The van der Waals surface area contributed by atoms with Crippen LogP contribution in [0.15, 0.2) is 0 Å². The fraction of sp³-hybridized carbons (Fsp3) is 1.00. The quantitative estimate of drug-likeness (QED) is 0.615. The molecule has 0 atom stereocenters. The van der Waals surface area contributed by atoms with Crippen molar-refractivity contribution in [2.75, 3.05) is 26.8 Å². The van der Waals surface area contributed by atoms with Crippen LogP contribution in [0.2, 0.25) is 0 Å². The summed E-state index contributed by atoms with van der Waals surface area (Å²) in [5.41, 5.74) is 0.618. The molecule has 0 aromatic carbocycles. The van der Waals surface area contributed by atoms with E-state index >= 15 is 0 Å². The van der Waals surface area contributed by atoms with E-state index < -0.39 is 0 Å². The van der Waals surface area contributed by atoms with Gasteiger partial charge in [-0.05, 0) is 31.2 Å². The van der Waals surface area contributed by atoms with Crippen LogP contribution in [-0.2, 0) is 4.74 Å². The summed E-state index contributed by atoms with van der Waals surface area (Å²) >= 11 is 0. The Labute approximate surface area is 75.7 Å². The Balaban J connectivity index is 1.88. The van der Waals surface area contributed by atoms with E-state index in [0.717, 1.165) is 19.6 Å². The van der Waals surface area contributed by atoms with E-state index in [1.807, 2.05) is 0 Å². The van der Waals surface area contributed by atoms with Crippen molar-refractivity contribution >= 4 is 0 Å². The summed E-state index contributed by atoms with van der Waals surface area (Å²) in [6, 6.07) is 0. The van der Waals surface area contributed by atoms with E-state index in [0.29, 0.717) is 5.41 Å². The molecule has 0 bridgehead atoms. The van der Waals surface area contributed by atoms with Crippen LogP contribution in [0.25, 0.3) is 0 Å². The molecule has 1 aliphatic rings. The summed E-state index contributed by atoms with van der Waals surface area (Å²) < 4.78 is 4.97. The van der Waals surface area contributed by atoms with Crippen LogP contribution in [0.5, 0.6) is 0 Å². The van der Waals surface area contributed by atoms with Crippen molar-refractivity contribution < 1.29 is 4.74 Å². The molecule has 1 N–H and O–H groups in total. The van der Waals surface area contributed by atoms with Crippen LogP contribution in [0, 0.1) is 5.41 Å². The lowest BCUT2D eigenvalue weighted by atomic mass is 9.70. The molecule has 0 saturated heterocycles. The van der Waals surface area contributed by atoms with Gasteiger partial charge in [-0.1, -0.05) is 13.3 Å². The lowest BCUT2D eigenvalue weighted by Gasteiger charge is -2.38. The number of ether oxygens (including phenoxy) is 1. The molecule has 2 heteroatoms. The van der Waals surface area contributed by atoms with Crippen LogP contribution >= 0.6 is 0 Å².